The summed E-state index contributed by atoms with van der Waals surface area (Å²) in [5.74, 6) is 0. The van der Waals surface area contributed by atoms with Crippen molar-refractivity contribution in [2.75, 3.05) is 0 Å². The number of aliphatic hydroxyl groups excluding tert-OH is 1. The van der Waals surface area contributed by atoms with E-state index in [4.69, 9.17) is 0 Å². The standard InChI is InChI=1S/C22H46O4S/c1-3-5-7-9-10-11-13-15-19-22(27(24,25)26)20-16-18-21(23)17-14-12-8-6-4-2/h21-23H,3-20H2,1-2H3,(H,24,25,26). The molecule has 0 heterocycles. The average molecular weight is 407 g/mol. The van der Waals surface area contributed by atoms with Gasteiger partial charge in [0, 0.05) is 0 Å². The third-order valence-electron chi connectivity index (χ3n) is 5.51. The van der Waals surface area contributed by atoms with Crippen molar-refractivity contribution in [2.45, 2.75) is 141 Å². The summed E-state index contributed by atoms with van der Waals surface area (Å²) in [6, 6.07) is 0. The van der Waals surface area contributed by atoms with Gasteiger partial charge in [-0.3, -0.25) is 4.55 Å². The SMILES string of the molecule is CCCCCCCCCCC(CCCC(O)CCCCCCC)S(=O)(=O)O. The highest BCUT2D eigenvalue weighted by Crippen LogP contribution is 2.20. The van der Waals surface area contributed by atoms with E-state index in [-0.39, 0.29) is 6.10 Å². The molecule has 0 amide bonds. The van der Waals surface area contributed by atoms with Gasteiger partial charge in [-0.05, 0) is 32.1 Å². The molecule has 0 radical (unpaired) electrons. The first kappa shape index (κ1) is 26.9. The van der Waals surface area contributed by atoms with Crippen LogP contribution in [0.4, 0.5) is 0 Å². The number of hydrogen-bond acceptors (Lipinski definition) is 3. The largest absolute Gasteiger partial charge is 0.393 e. The minimum absolute atomic E-state index is 0.336. The van der Waals surface area contributed by atoms with Crippen LogP contribution in [0, 0.1) is 0 Å². The molecule has 0 saturated heterocycles. The molecule has 0 aliphatic heterocycles. The average Bonchev–Trinajstić information content (AvgIpc) is 2.61. The predicted molar refractivity (Wildman–Crippen MR) is 116 cm³/mol. The zero-order chi connectivity index (χ0) is 20.4. The zero-order valence-corrected chi connectivity index (χ0v) is 18.8. The van der Waals surface area contributed by atoms with E-state index < -0.39 is 15.4 Å². The fourth-order valence-corrected chi connectivity index (χ4v) is 4.59. The van der Waals surface area contributed by atoms with Crippen molar-refractivity contribution in [3.05, 3.63) is 0 Å². The maximum Gasteiger partial charge on any atom is 0.267 e. The lowest BCUT2D eigenvalue weighted by molar-refractivity contribution is 0.147. The molecule has 0 aromatic carbocycles. The minimum atomic E-state index is -3.98. The van der Waals surface area contributed by atoms with Crippen molar-refractivity contribution in [1.82, 2.24) is 0 Å². The molecule has 0 aromatic heterocycles. The van der Waals surface area contributed by atoms with E-state index in [1.54, 1.807) is 0 Å². The van der Waals surface area contributed by atoms with Gasteiger partial charge < -0.3 is 5.11 Å². The lowest BCUT2D eigenvalue weighted by Gasteiger charge is -2.15. The second-order valence-electron chi connectivity index (χ2n) is 8.19. The van der Waals surface area contributed by atoms with E-state index in [0.29, 0.717) is 25.7 Å². The van der Waals surface area contributed by atoms with Crippen LogP contribution in [0.5, 0.6) is 0 Å². The number of rotatable bonds is 20. The van der Waals surface area contributed by atoms with E-state index in [9.17, 15) is 18.1 Å². The smallest absolute Gasteiger partial charge is 0.267 e. The molecule has 0 aliphatic carbocycles. The molecule has 0 aliphatic rings. The molecule has 0 aromatic rings. The van der Waals surface area contributed by atoms with E-state index in [1.807, 2.05) is 0 Å². The van der Waals surface area contributed by atoms with Gasteiger partial charge in [0.2, 0.25) is 0 Å². The molecule has 2 atom stereocenters. The number of hydrogen-bond donors (Lipinski definition) is 2. The molecule has 0 rings (SSSR count). The molecule has 0 bridgehead atoms. The van der Waals surface area contributed by atoms with Crippen LogP contribution >= 0.6 is 0 Å². The quantitative estimate of drug-likeness (QED) is 0.175. The van der Waals surface area contributed by atoms with Crippen molar-refractivity contribution in [2.24, 2.45) is 0 Å². The van der Waals surface area contributed by atoms with Crippen molar-refractivity contribution in [1.29, 1.82) is 0 Å². The molecule has 0 saturated carbocycles. The molecule has 164 valence electrons. The van der Waals surface area contributed by atoms with Gasteiger partial charge in [0.1, 0.15) is 0 Å². The Morgan fingerprint density at radius 3 is 1.44 bits per heavy atom. The first-order chi connectivity index (χ1) is 12.9. The maximum absolute atomic E-state index is 11.6. The highest BCUT2D eigenvalue weighted by molar-refractivity contribution is 7.86. The van der Waals surface area contributed by atoms with Crippen molar-refractivity contribution < 1.29 is 18.1 Å². The number of aliphatic hydroxyl groups is 1. The van der Waals surface area contributed by atoms with Gasteiger partial charge in [0.05, 0.1) is 11.4 Å². The fourth-order valence-electron chi connectivity index (χ4n) is 3.66. The Balaban J connectivity index is 3.85. The summed E-state index contributed by atoms with van der Waals surface area (Å²) in [6.07, 6.45) is 18.1. The predicted octanol–water partition coefficient (Wildman–Crippen LogP) is 6.67. The summed E-state index contributed by atoms with van der Waals surface area (Å²) < 4.78 is 32.7. The Bertz CT molecular complexity index is 409. The van der Waals surface area contributed by atoms with Crippen LogP contribution in [0.1, 0.15) is 129 Å². The summed E-state index contributed by atoms with van der Waals surface area (Å²) in [4.78, 5) is 0. The first-order valence-corrected chi connectivity index (χ1v) is 13.1. The number of unbranched alkanes of at least 4 members (excludes halogenated alkanes) is 11. The molecule has 2 unspecified atom stereocenters. The molecule has 5 heteroatoms. The van der Waals surface area contributed by atoms with Crippen LogP contribution in [-0.2, 0) is 10.1 Å². The van der Waals surface area contributed by atoms with E-state index >= 15 is 0 Å². The van der Waals surface area contributed by atoms with Crippen LogP contribution in [0.15, 0.2) is 0 Å². The zero-order valence-electron chi connectivity index (χ0n) is 18.0. The van der Waals surface area contributed by atoms with Crippen molar-refractivity contribution in [3.63, 3.8) is 0 Å². The van der Waals surface area contributed by atoms with Gasteiger partial charge >= 0.3 is 0 Å². The summed E-state index contributed by atoms with van der Waals surface area (Å²) in [5.41, 5.74) is 0. The topological polar surface area (TPSA) is 74.6 Å². The van der Waals surface area contributed by atoms with Gasteiger partial charge in [-0.2, -0.15) is 8.42 Å². The van der Waals surface area contributed by atoms with Gasteiger partial charge in [-0.25, -0.2) is 0 Å². The van der Waals surface area contributed by atoms with Crippen molar-refractivity contribution >= 4 is 10.1 Å². The van der Waals surface area contributed by atoms with Gasteiger partial charge in [-0.15, -0.1) is 0 Å². The minimum Gasteiger partial charge on any atom is -0.393 e. The van der Waals surface area contributed by atoms with Crippen LogP contribution in [0.25, 0.3) is 0 Å². The monoisotopic (exact) mass is 406 g/mol. The van der Waals surface area contributed by atoms with Gasteiger partial charge in [-0.1, -0.05) is 97.3 Å². The van der Waals surface area contributed by atoms with Crippen LogP contribution in [-0.4, -0.2) is 29.4 Å². The summed E-state index contributed by atoms with van der Waals surface area (Å²) >= 11 is 0. The van der Waals surface area contributed by atoms with E-state index in [1.165, 1.54) is 51.4 Å². The Morgan fingerprint density at radius 2 is 0.963 bits per heavy atom. The molecule has 27 heavy (non-hydrogen) atoms. The highest BCUT2D eigenvalue weighted by atomic mass is 32.2. The lowest BCUT2D eigenvalue weighted by Crippen LogP contribution is -2.21. The second-order valence-corrected chi connectivity index (χ2v) is 9.88. The molecular formula is C22H46O4S. The first-order valence-electron chi connectivity index (χ1n) is 11.6. The third kappa shape index (κ3) is 17.7. The lowest BCUT2D eigenvalue weighted by atomic mass is 10.0. The van der Waals surface area contributed by atoms with Crippen molar-refractivity contribution in [3.8, 4) is 0 Å². The van der Waals surface area contributed by atoms with Crippen LogP contribution < -0.4 is 0 Å². The molecule has 0 spiro atoms. The molecule has 0 fully saturated rings. The Labute approximate surface area is 169 Å². The van der Waals surface area contributed by atoms with E-state index in [0.717, 1.165) is 38.5 Å². The summed E-state index contributed by atoms with van der Waals surface area (Å²) in [6.45, 7) is 4.40. The second kappa shape index (κ2) is 17.9. The highest BCUT2D eigenvalue weighted by Gasteiger charge is 2.22. The Kier molecular flexibility index (Phi) is 17.8. The molecule has 4 nitrogen and oxygen atoms in total. The Hall–Kier alpha value is -0.130. The Morgan fingerprint density at radius 1 is 0.593 bits per heavy atom. The third-order valence-corrected chi connectivity index (χ3v) is 6.82. The van der Waals surface area contributed by atoms with E-state index in [2.05, 4.69) is 13.8 Å². The normalized spacial score (nSPS) is 14.4. The van der Waals surface area contributed by atoms with Gasteiger partial charge in [0.25, 0.3) is 10.1 Å². The fraction of sp³-hybridized carbons (Fsp3) is 1.00. The van der Waals surface area contributed by atoms with Crippen LogP contribution in [0.3, 0.4) is 0 Å². The molecule has 2 N–H and O–H groups in total. The maximum atomic E-state index is 11.6. The summed E-state index contributed by atoms with van der Waals surface area (Å²) in [7, 11) is -3.98. The van der Waals surface area contributed by atoms with Gasteiger partial charge in [0.15, 0.2) is 0 Å². The summed E-state index contributed by atoms with van der Waals surface area (Å²) in [5, 5.41) is 9.39. The van der Waals surface area contributed by atoms with Crippen LogP contribution in [0.2, 0.25) is 0 Å². The molecular weight excluding hydrogens is 360 g/mol.